The van der Waals surface area contributed by atoms with Gasteiger partial charge in [-0.1, -0.05) is 13.8 Å². The Kier molecular flexibility index (Phi) is 6.87. The zero-order valence-electron chi connectivity index (χ0n) is 11.3. The summed E-state index contributed by atoms with van der Waals surface area (Å²) < 4.78 is 11.2. The average Bonchev–Trinajstić information content (AvgIpc) is 2.36. The molecule has 0 atom stereocenters. The van der Waals surface area contributed by atoms with Crippen molar-refractivity contribution in [3.05, 3.63) is 28.2 Å². The average molecular weight is 330 g/mol. The molecular weight excluding hydrogens is 310 g/mol. The van der Waals surface area contributed by atoms with E-state index in [1.54, 1.807) is 18.2 Å². The van der Waals surface area contributed by atoms with Crippen molar-refractivity contribution in [2.24, 2.45) is 5.92 Å². The minimum atomic E-state index is -0.397. The molecule has 1 aromatic carbocycles. The Bertz CT molecular complexity index is 421. The van der Waals surface area contributed by atoms with Gasteiger partial charge in [-0.15, -0.1) is 0 Å². The van der Waals surface area contributed by atoms with Crippen LogP contribution in [0.15, 0.2) is 22.7 Å². The zero-order valence-corrected chi connectivity index (χ0v) is 12.9. The number of esters is 1. The molecule has 0 aliphatic rings. The molecule has 0 aromatic heterocycles. The SMILES string of the molecule is CC(C)CCOCCOC(=O)c1cc(N)ccc1Br. The van der Waals surface area contributed by atoms with Crippen LogP contribution < -0.4 is 5.73 Å². The Morgan fingerprint density at radius 1 is 1.32 bits per heavy atom. The topological polar surface area (TPSA) is 61.5 Å². The molecule has 0 unspecified atom stereocenters. The number of anilines is 1. The molecule has 0 spiro atoms. The standard InChI is InChI=1S/C14H20BrNO3/c1-10(2)5-6-18-7-8-19-14(17)12-9-11(16)3-4-13(12)15/h3-4,9-10H,5-8,16H2,1-2H3. The van der Waals surface area contributed by atoms with E-state index in [1.165, 1.54) is 0 Å². The second-order valence-electron chi connectivity index (χ2n) is 4.67. The number of nitrogens with two attached hydrogens (primary N) is 1. The Morgan fingerprint density at radius 3 is 2.74 bits per heavy atom. The number of carbonyl (C=O) groups is 1. The first-order valence-corrected chi connectivity index (χ1v) is 7.10. The summed E-state index contributed by atoms with van der Waals surface area (Å²) in [5, 5.41) is 0. The molecule has 0 bridgehead atoms. The number of rotatable bonds is 7. The maximum absolute atomic E-state index is 11.8. The number of carbonyl (C=O) groups excluding carboxylic acids is 1. The lowest BCUT2D eigenvalue weighted by molar-refractivity contribution is 0.0302. The van der Waals surface area contributed by atoms with Gasteiger partial charge in [0.2, 0.25) is 0 Å². The number of nitrogen functional groups attached to an aromatic ring is 1. The molecule has 2 N–H and O–H groups in total. The van der Waals surface area contributed by atoms with Gasteiger partial charge in [0, 0.05) is 16.8 Å². The molecule has 0 aliphatic carbocycles. The van der Waals surface area contributed by atoms with Crippen LogP contribution in [-0.2, 0) is 9.47 Å². The molecule has 0 amide bonds. The van der Waals surface area contributed by atoms with Gasteiger partial charge in [0.05, 0.1) is 12.2 Å². The van der Waals surface area contributed by atoms with Crippen molar-refractivity contribution >= 4 is 27.6 Å². The van der Waals surface area contributed by atoms with E-state index in [9.17, 15) is 4.79 Å². The number of hydrogen-bond donors (Lipinski definition) is 1. The molecule has 0 radical (unpaired) electrons. The second-order valence-corrected chi connectivity index (χ2v) is 5.52. The second kappa shape index (κ2) is 8.17. The fourth-order valence-electron chi connectivity index (χ4n) is 1.39. The summed E-state index contributed by atoms with van der Waals surface area (Å²) in [7, 11) is 0. The Balaban J connectivity index is 2.29. The minimum Gasteiger partial charge on any atom is -0.460 e. The van der Waals surface area contributed by atoms with Gasteiger partial charge in [-0.05, 0) is 46.5 Å². The van der Waals surface area contributed by atoms with Crippen LogP contribution in [-0.4, -0.2) is 25.8 Å². The van der Waals surface area contributed by atoms with Gasteiger partial charge in [0.1, 0.15) is 6.61 Å². The Morgan fingerprint density at radius 2 is 2.05 bits per heavy atom. The lowest BCUT2D eigenvalue weighted by Crippen LogP contribution is -2.12. The molecule has 1 rings (SSSR count). The van der Waals surface area contributed by atoms with Crippen LogP contribution in [0.5, 0.6) is 0 Å². The predicted molar refractivity (Wildman–Crippen MR) is 79.1 cm³/mol. The number of ether oxygens (including phenoxy) is 2. The molecule has 4 nitrogen and oxygen atoms in total. The van der Waals surface area contributed by atoms with Crippen LogP contribution in [0.4, 0.5) is 5.69 Å². The third-order valence-corrected chi connectivity index (χ3v) is 3.20. The van der Waals surface area contributed by atoms with Crippen molar-refractivity contribution in [1.82, 2.24) is 0 Å². The van der Waals surface area contributed by atoms with Gasteiger partial charge in [0.25, 0.3) is 0 Å². The van der Waals surface area contributed by atoms with E-state index < -0.39 is 5.97 Å². The zero-order chi connectivity index (χ0) is 14.3. The van der Waals surface area contributed by atoms with E-state index in [0.717, 1.165) is 6.42 Å². The molecule has 19 heavy (non-hydrogen) atoms. The van der Waals surface area contributed by atoms with E-state index in [1.807, 2.05) is 0 Å². The quantitative estimate of drug-likeness (QED) is 0.474. The fraction of sp³-hybridized carbons (Fsp3) is 0.500. The number of hydrogen-bond acceptors (Lipinski definition) is 4. The highest BCUT2D eigenvalue weighted by atomic mass is 79.9. The maximum Gasteiger partial charge on any atom is 0.339 e. The molecule has 0 heterocycles. The van der Waals surface area contributed by atoms with Gasteiger partial charge in [-0.25, -0.2) is 4.79 Å². The van der Waals surface area contributed by atoms with E-state index in [-0.39, 0.29) is 6.61 Å². The Hall–Kier alpha value is -1.07. The van der Waals surface area contributed by atoms with Crippen LogP contribution in [0.2, 0.25) is 0 Å². The number of benzene rings is 1. The van der Waals surface area contributed by atoms with Crippen molar-refractivity contribution in [2.75, 3.05) is 25.6 Å². The van der Waals surface area contributed by atoms with E-state index in [0.29, 0.717) is 34.9 Å². The fourth-order valence-corrected chi connectivity index (χ4v) is 1.80. The third kappa shape index (κ3) is 6.07. The summed E-state index contributed by atoms with van der Waals surface area (Å²) >= 11 is 3.29. The van der Waals surface area contributed by atoms with Crippen LogP contribution in [0.25, 0.3) is 0 Å². The highest BCUT2D eigenvalue weighted by Crippen LogP contribution is 2.20. The monoisotopic (exact) mass is 329 g/mol. The van der Waals surface area contributed by atoms with Crippen molar-refractivity contribution in [3.8, 4) is 0 Å². The normalized spacial score (nSPS) is 10.7. The van der Waals surface area contributed by atoms with Crippen LogP contribution >= 0.6 is 15.9 Å². The summed E-state index contributed by atoms with van der Waals surface area (Å²) in [5.41, 5.74) is 6.60. The van der Waals surface area contributed by atoms with Crippen molar-refractivity contribution < 1.29 is 14.3 Å². The van der Waals surface area contributed by atoms with Gasteiger partial charge in [-0.3, -0.25) is 0 Å². The molecule has 0 saturated carbocycles. The summed E-state index contributed by atoms with van der Waals surface area (Å²) in [6.07, 6.45) is 1.01. The van der Waals surface area contributed by atoms with Crippen LogP contribution in [0, 0.1) is 5.92 Å². The molecular formula is C14H20BrNO3. The summed E-state index contributed by atoms with van der Waals surface area (Å²) in [4.78, 5) is 11.8. The van der Waals surface area contributed by atoms with Gasteiger partial charge < -0.3 is 15.2 Å². The first kappa shape index (κ1) is 16.0. The van der Waals surface area contributed by atoms with E-state index >= 15 is 0 Å². The van der Waals surface area contributed by atoms with E-state index in [4.69, 9.17) is 15.2 Å². The maximum atomic E-state index is 11.8. The molecule has 0 fully saturated rings. The highest BCUT2D eigenvalue weighted by Gasteiger charge is 2.11. The van der Waals surface area contributed by atoms with Gasteiger partial charge >= 0.3 is 5.97 Å². The molecule has 1 aromatic rings. The lowest BCUT2D eigenvalue weighted by atomic mass is 10.1. The summed E-state index contributed by atoms with van der Waals surface area (Å²) in [6.45, 7) is 5.63. The third-order valence-electron chi connectivity index (χ3n) is 2.51. The predicted octanol–water partition coefficient (Wildman–Crippen LogP) is 3.25. The lowest BCUT2D eigenvalue weighted by Gasteiger charge is -2.08. The van der Waals surface area contributed by atoms with Crippen LogP contribution in [0.3, 0.4) is 0 Å². The smallest absolute Gasteiger partial charge is 0.339 e. The van der Waals surface area contributed by atoms with Gasteiger partial charge in [-0.2, -0.15) is 0 Å². The van der Waals surface area contributed by atoms with Crippen LogP contribution in [0.1, 0.15) is 30.6 Å². The van der Waals surface area contributed by atoms with Gasteiger partial charge in [0.15, 0.2) is 0 Å². The molecule has 106 valence electrons. The largest absolute Gasteiger partial charge is 0.460 e. The highest BCUT2D eigenvalue weighted by molar-refractivity contribution is 9.10. The molecule has 0 saturated heterocycles. The summed E-state index contributed by atoms with van der Waals surface area (Å²) in [5.74, 6) is 0.220. The number of halogens is 1. The Labute approximate surface area is 122 Å². The summed E-state index contributed by atoms with van der Waals surface area (Å²) in [6, 6.07) is 5.03. The molecule has 5 heteroatoms. The van der Waals surface area contributed by atoms with Crippen molar-refractivity contribution in [1.29, 1.82) is 0 Å². The van der Waals surface area contributed by atoms with Crippen molar-refractivity contribution in [3.63, 3.8) is 0 Å². The van der Waals surface area contributed by atoms with Crippen molar-refractivity contribution in [2.45, 2.75) is 20.3 Å². The first-order chi connectivity index (χ1) is 9.00. The van der Waals surface area contributed by atoms with E-state index in [2.05, 4.69) is 29.8 Å². The minimum absolute atomic E-state index is 0.248. The first-order valence-electron chi connectivity index (χ1n) is 6.30. The molecule has 0 aliphatic heterocycles.